The van der Waals surface area contributed by atoms with Gasteiger partial charge in [-0.05, 0) is 24.0 Å². The number of aromatic nitrogens is 6. The molecule has 10 heteroatoms. The van der Waals surface area contributed by atoms with Crippen molar-refractivity contribution < 1.29 is 9.32 Å². The topological polar surface area (TPSA) is 138 Å². The third-order valence-corrected chi connectivity index (χ3v) is 5.97. The molecule has 1 saturated carbocycles. The number of amides is 1. The standard InChI is InChI=1S/C22H22N8O2/c1-24-18(31)13-30-12-16(11-27-30)19-28-20(29-32-19)22(7-2-8-22)17-5-3-14(4-6-17)15-9-25-21(23)26-10-15/h3-6,9-12H,2,7-8,13H2,1H3,(H,24,31)(H2,23,25,26). The summed E-state index contributed by atoms with van der Waals surface area (Å²) >= 11 is 0. The van der Waals surface area contributed by atoms with Gasteiger partial charge in [-0.1, -0.05) is 35.8 Å². The van der Waals surface area contributed by atoms with Crippen molar-refractivity contribution in [1.82, 2.24) is 35.2 Å². The third-order valence-electron chi connectivity index (χ3n) is 5.97. The molecule has 0 unspecified atom stereocenters. The number of rotatable bonds is 6. The summed E-state index contributed by atoms with van der Waals surface area (Å²) in [4.78, 5) is 24.4. The Kier molecular flexibility index (Phi) is 4.89. The van der Waals surface area contributed by atoms with E-state index in [1.54, 1.807) is 31.8 Å². The molecule has 1 fully saturated rings. The van der Waals surface area contributed by atoms with Crippen molar-refractivity contribution in [2.24, 2.45) is 0 Å². The average Bonchev–Trinajstić information content (AvgIpc) is 3.44. The number of carbonyl (C=O) groups is 1. The largest absolute Gasteiger partial charge is 0.368 e. The molecule has 4 aromatic rings. The first-order chi connectivity index (χ1) is 15.6. The highest BCUT2D eigenvalue weighted by molar-refractivity contribution is 5.75. The lowest BCUT2D eigenvalue weighted by atomic mass is 9.64. The molecule has 1 amide bonds. The van der Waals surface area contributed by atoms with Crippen molar-refractivity contribution in [3.8, 4) is 22.6 Å². The Balaban J connectivity index is 1.40. The number of benzene rings is 1. The predicted octanol–water partition coefficient (Wildman–Crippen LogP) is 2.19. The molecule has 3 N–H and O–H groups in total. The molecule has 10 nitrogen and oxygen atoms in total. The van der Waals surface area contributed by atoms with Crippen molar-refractivity contribution >= 4 is 11.9 Å². The lowest BCUT2D eigenvalue weighted by Crippen LogP contribution is -2.36. The Morgan fingerprint density at radius 3 is 2.53 bits per heavy atom. The molecule has 1 aliphatic rings. The minimum atomic E-state index is -0.268. The van der Waals surface area contributed by atoms with E-state index in [9.17, 15) is 4.79 Å². The summed E-state index contributed by atoms with van der Waals surface area (Å²) in [5, 5.41) is 11.1. The van der Waals surface area contributed by atoms with Gasteiger partial charge in [0.15, 0.2) is 5.82 Å². The number of nitrogens with zero attached hydrogens (tertiary/aromatic N) is 6. The monoisotopic (exact) mass is 430 g/mol. The third kappa shape index (κ3) is 3.49. The van der Waals surface area contributed by atoms with Crippen LogP contribution in [0.5, 0.6) is 0 Å². The lowest BCUT2D eigenvalue weighted by molar-refractivity contribution is -0.121. The maximum Gasteiger partial charge on any atom is 0.261 e. The Morgan fingerprint density at radius 2 is 1.88 bits per heavy atom. The van der Waals surface area contributed by atoms with Crippen LogP contribution in [0.3, 0.4) is 0 Å². The van der Waals surface area contributed by atoms with Crippen LogP contribution in [0.15, 0.2) is 53.6 Å². The Morgan fingerprint density at radius 1 is 1.12 bits per heavy atom. The Labute approximate surface area is 183 Å². The van der Waals surface area contributed by atoms with Crippen LogP contribution in [-0.2, 0) is 16.8 Å². The van der Waals surface area contributed by atoms with Crippen LogP contribution in [0.2, 0.25) is 0 Å². The minimum Gasteiger partial charge on any atom is -0.368 e. The molecular formula is C22H22N8O2. The van der Waals surface area contributed by atoms with E-state index in [2.05, 4.69) is 42.7 Å². The van der Waals surface area contributed by atoms with Crippen molar-refractivity contribution in [3.05, 3.63) is 60.4 Å². The molecule has 162 valence electrons. The first-order valence-corrected chi connectivity index (χ1v) is 10.3. The number of carbonyl (C=O) groups excluding carboxylic acids is 1. The molecule has 0 bridgehead atoms. The number of nitrogen functional groups attached to an aromatic ring is 1. The van der Waals surface area contributed by atoms with Crippen LogP contribution in [-0.4, -0.2) is 42.8 Å². The van der Waals surface area contributed by atoms with Gasteiger partial charge in [0.05, 0.1) is 17.2 Å². The van der Waals surface area contributed by atoms with E-state index in [0.717, 1.165) is 36.0 Å². The van der Waals surface area contributed by atoms with Crippen LogP contribution in [0.25, 0.3) is 22.6 Å². The summed E-state index contributed by atoms with van der Waals surface area (Å²) in [6.07, 6.45) is 9.78. The van der Waals surface area contributed by atoms with Gasteiger partial charge in [-0.2, -0.15) is 10.1 Å². The number of likely N-dealkylation sites (N-methyl/N-ethyl adjacent to an activating group) is 1. The summed E-state index contributed by atoms with van der Waals surface area (Å²) in [5.41, 5.74) is 9.06. The first-order valence-electron chi connectivity index (χ1n) is 10.3. The quantitative estimate of drug-likeness (QED) is 0.475. The maximum absolute atomic E-state index is 11.6. The van der Waals surface area contributed by atoms with Crippen molar-refractivity contribution in [2.75, 3.05) is 12.8 Å². The van der Waals surface area contributed by atoms with E-state index < -0.39 is 0 Å². The van der Waals surface area contributed by atoms with Gasteiger partial charge in [-0.25, -0.2) is 9.97 Å². The zero-order chi connectivity index (χ0) is 22.1. The second kappa shape index (κ2) is 7.88. The summed E-state index contributed by atoms with van der Waals surface area (Å²) < 4.78 is 7.10. The van der Waals surface area contributed by atoms with Crippen LogP contribution in [0.4, 0.5) is 5.95 Å². The fraction of sp³-hybridized carbons (Fsp3) is 0.273. The number of hydrogen-bond acceptors (Lipinski definition) is 8. The highest BCUT2D eigenvalue weighted by Crippen LogP contribution is 2.48. The Bertz CT molecular complexity index is 1240. The lowest BCUT2D eigenvalue weighted by Gasteiger charge is -2.39. The van der Waals surface area contributed by atoms with Crippen molar-refractivity contribution in [2.45, 2.75) is 31.2 Å². The molecule has 1 aliphatic carbocycles. The predicted molar refractivity (Wildman–Crippen MR) is 116 cm³/mol. The Hall–Kier alpha value is -4.08. The van der Waals surface area contributed by atoms with Gasteiger partial charge in [0, 0.05) is 31.2 Å². The van der Waals surface area contributed by atoms with E-state index in [4.69, 9.17) is 10.3 Å². The van der Waals surface area contributed by atoms with E-state index >= 15 is 0 Å². The van der Waals surface area contributed by atoms with Crippen molar-refractivity contribution in [3.63, 3.8) is 0 Å². The molecule has 0 atom stereocenters. The average molecular weight is 430 g/mol. The van der Waals surface area contributed by atoms with E-state index in [-0.39, 0.29) is 23.8 Å². The molecule has 3 heterocycles. The summed E-state index contributed by atoms with van der Waals surface area (Å²) in [7, 11) is 1.59. The first kappa shape index (κ1) is 19.9. The van der Waals surface area contributed by atoms with Gasteiger partial charge in [-0.3, -0.25) is 9.48 Å². The van der Waals surface area contributed by atoms with Gasteiger partial charge in [0.1, 0.15) is 6.54 Å². The van der Waals surface area contributed by atoms with Gasteiger partial charge in [-0.15, -0.1) is 0 Å². The SMILES string of the molecule is CNC(=O)Cn1cc(-c2nc(C3(c4ccc(-c5cnc(N)nc5)cc4)CCC3)no2)cn1. The molecule has 32 heavy (non-hydrogen) atoms. The number of nitrogens with two attached hydrogens (primary N) is 1. The van der Waals surface area contributed by atoms with Crippen LogP contribution >= 0.6 is 0 Å². The fourth-order valence-corrected chi connectivity index (χ4v) is 3.96. The van der Waals surface area contributed by atoms with Crippen LogP contribution in [0, 0.1) is 0 Å². The number of nitrogens with one attached hydrogen (secondary N) is 1. The molecular weight excluding hydrogens is 408 g/mol. The fourth-order valence-electron chi connectivity index (χ4n) is 3.96. The highest BCUT2D eigenvalue weighted by Gasteiger charge is 2.44. The molecule has 3 aromatic heterocycles. The van der Waals surface area contributed by atoms with Gasteiger partial charge in [0.2, 0.25) is 11.9 Å². The molecule has 0 spiro atoms. The summed E-state index contributed by atoms with van der Waals surface area (Å²) in [5.74, 6) is 1.19. The van der Waals surface area contributed by atoms with Gasteiger partial charge < -0.3 is 15.6 Å². The summed E-state index contributed by atoms with van der Waals surface area (Å²) in [6, 6.07) is 8.30. The van der Waals surface area contributed by atoms with E-state index in [1.807, 2.05) is 12.1 Å². The maximum atomic E-state index is 11.6. The smallest absolute Gasteiger partial charge is 0.261 e. The van der Waals surface area contributed by atoms with Crippen LogP contribution in [0.1, 0.15) is 30.7 Å². The number of anilines is 1. The minimum absolute atomic E-state index is 0.131. The zero-order valence-corrected chi connectivity index (χ0v) is 17.5. The van der Waals surface area contributed by atoms with E-state index in [1.165, 1.54) is 4.68 Å². The highest BCUT2D eigenvalue weighted by atomic mass is 16.5. The second-order valence-electron chi connectivity index (χ2n) is 7.87. The van der Waals surface area contributed by atoms with Gasteiger partial charge in [0.25, 0.3) is 5.89 Å². The second-order valence-corrected chi connectivity index (χ2v) is 7.87. The molecule has 1 aromatic carbocycles. The molecule has 5 rings (SSSR count). The normalized spacial score (nSPS) is 14.7. The van der Waals surface area contributed by atoms with Crippen LogP contribution < -0.4 is 11.1 Å². The summed E-state index contributed by atoms with van der Waals surface area (Å²) in [6.45, 7) is 0.132. The van der Waals surface area contributed by atoms with Gasteiger partial charge >= 0.3 is 0 Å². The zero-order valence-electron chi connectivity index (χ0n) is 17.5. The van der Waals surface area contributed by atoms with E-state index in [0.29, 0.717) is 17.3 Å². The molecule has 0 radical (unpaired) electrons. The molecule has 0 aliphatic heterocycles. The molecule has 0 saturated heterocycles. The van der Waals surface area contributed by atoms with Crippen molar-refractivity contribution in [1.29, 1.82) is 0 Å². The number of hydrogen-bond donors (Lipinski definition) is 2.